The molecule has 2 aliphatic heterocycles. The van der Waals surface area contributed by atoms with E-state index in [1.54, 1.807) is 18.2 Å². The molecule has 0 spiro atoms. The van der Waals surface area contributed by atoms with E-state index in [-0.39, 0.29) is 35.9 Å². The Labute approximate surface area is 252 Å². The van der Waals surface area contributed by atoms with Crippen LogP contribution in [0, 0.1) is 23.0 Å². The highest BCUT2D eigenvalue weighted by Gasteiger charge is 2.44. The number of halogens is 2. The van der Waals surface area contributed by atoms with Crippen molar-refractivity contribution in [1.29, 1.82) is 5.26 Å². The summed E-state index contributed by atoms with van der Waals surface area (Å²) in [5.74, 6) is -0.645. The Morgan fingerprint density at radius 3 is 2.61 bits per heavy atom. The number of aromatic carboxylic acids is 1. The molecular weight excluding hydrogens is 570 g/mol. The number of aromatic nitrogens is 3. The number of anilines is 1. The second-order valence-corrected chi connectivity index (χ2v) is 11.5. The zero-order chi connectivity index (χ0) is 30.4. The summed E-state index contributed by atoms with van der Waals surface area (Å²) in [4.78, 5) is 25.8. The Morgan fingerprint density at radius 2 is 1.91 bits per heavy atom. The van der Waals surface area contributed by atoms with Gasteiger partial charge in [-0.25, -0.2) is 18.6 Å². The normalized spacial score (nSPS) is 21.3. The summed E-state index contributed by atoms with van der Waals surface area (Å²) >= 11 is 0. The maximum absolute atomic E-state index is 14.5. The second-order valence-electron chi connectivity index (χ2n) is 11.5. The summed E-state index contributed by atoms with van der Waals surface area (Å²) in [6.45, 7) is 3.26. The molecule has 12 heteroatoms. The molecule has 1 saturated carbocycles. The number of fused-ring (bicyclic) bond motifs is 2. The van der Waals surface area contributed by atoms with Crippen molar-refractivity contribution in [3.8, 4) is 11.9 Å². The number of hydrogen-bond donors (Lipinski definition) is 1. The molecule has 3 aliphatic rings. The average Bonchev–Trinajstić information content (AvgIpc) is 3.29. The van der Waals surface area contributed by atoms with Gasteiger partial charge in [-0.1, -0.05) is 12.1 Å². The third kappa shape index (κ3) is 5.22. The van der Waals surface area contributed by atoms with Gasteiger partial charge in [-0.05, 0) is 43.5 Å². The predicted molar refractivity (Wildman–Crippen MR) is 155 cm³/mol. The fourth-order valence-corrected chi connectivity index (χ4v) is 6.33. The summed E-state index contributed by atoms with van der Waals surface area (Å²) in [5, 5.41) is 18.5. The van der Waals surface area contributed by atoms with Crippen molar-refractivity contribution in [3.05, 3.63) is 82.7 Å². The van der Waals surface area contributed by atoms with Crippen LogP contribution in [0.2, 0.25) is 0 Å². The van der Waals surface area contributed by atoms with Crippen molar-refractivity contribution >= 4 is 22.8 Å². The molecule has 0 unspecified atom stereocenters. The van der Waals surface area contributed by atoms with Gasteiger partial charge in [-0.3, -0.25) is 4.90 Å². The van der Waals surface area contributed by atoms with Gasteiger partial charge in [-0.15, -0.1) is 0 Å². The molecule has 1 aliphatic carbocycles. The molecule has 4 aromatic rings. The number of imidazole rings is 1. The van der Waals surface area contributed by atoms with Crippen LogP contribution in [0.3, 0.4) is 0 Å². The van der Waals surface area contributed by atoms with Crippen molar-refractivity contribution < 1.29 is 28.2 Å². The Hall–Kier alpha value is -4.60. The number of piperazine rings is 1. The zero-order valence-corrected chi connectivity index (χ0v) is 23.8. The maximum Gasteiger partial charge on any atom is 0.338 e. The summed E-state index contributed by atoms with van der Waals surface area (Å²) in [5.41, 5.74) is 1.27. The summed E-state index contributed by atoms with van der Waals surface area (Å²) in [6, 6.07) is 14.9. The van der Waals surface area contributed by atoms with Crippen LogP contribution in [0.15, 0.2) is 48.5 Å². The van der Waals surface area contributed by atoms with Gasteiger partial charge in [0, 0.05) is 49.5 Å². The molecule has 44 heavy (non-hydrogen) atoms. The molecule has 1 N–H and O–H groups in total. The first kappa shape index (κ1) is 28.2. The van der Waals surface area contributed by atoms with Crippen molar-refractivity contribution in [2.24, 2.45) is 0 Å². The van der Waals surface area contributed by atoms with Crippen molar-refractivity contribution in [1.82, 2.24) is 19.4 Å². The Balaban J connectivity index is 1.07. The molecule has 7 rings (SSSR count). The first-order valence-corrected chi connectivity index (χ1v) is 14.7. The van der Waals surface area contributed by atoms with E-state index in [9.17, 15) is 18.7 Å². The molecule has 4 heterocycles. The van der Waals surface area contributed by atoms with E-state index in [4.69, 9.17) is 24.7 Å². The monoisotopic (exact) mass is 600 g/mol. The number of rotatable bonds is 9. The smallest absolute Gasteiger partial charge is 0.338 e. The highest BCUT2D eigenvalue weighted by molar-refractivity contribution is 5.93. The second kappa shape index (κ2) is 11.5. The van der Waals surface area contributed by atoms with Gasteiger partial charge in [-0.2, -0.15) is 10.2 Å². The lowest BCUT2D eigenvalue weighted by atomic mass is 9.81. The number of carbonyl (C=O) groups is 1. The molecule has 2 aromatic heterocycles. The van der Waals surface area contributed by atoms with Gasteiger partial charge in [0.2, 0.25) is 5.88 Å². The number of carboxylic acid groups (broad SMARTS) is 1. The maximum atomic E-state index is 14.5. The lowest BCUT2D eigenvalue weighted by Crippen LogP contribution is -2.64. The molecule has 0 radical (unpaired) electrons. The van der Waals surface area contributed by atoms with E-state index in [1.165, 1.54) is 18.2 Å². The summed E-state index contributed by atoms with van der Waals surface area (Å²) in [6.07, 6.45) is 2.95. The average molecular weight is 601 g/mol. The van der Waals surface area contributed by atoms with E-state index < -0.39 is 17.6 Å². The molecule has 2 saturated heterocycles. The number of carboxylic acids is 1. The van der Waals surface area contributed by atoms with Gasteiger partial charge in [0.15, 0.2) is 0 Å². The minimum absolute atomic E-state index is 0.00141. The summed E-state index contributed by atoms with van der Waals surface area (Å²) in [7, 11) is 0. The molecule has 3 atom stereocenters. The minimum atomic E-state index is -1.31. The fourth-order valence-electron chi connectivity index (χ4n) is 6.33. The first-order valence-electron chi connectivity index (χ1n) is 14.7. The number of ether oxygens (including phenoxy) is 2. The van der Waals surface area contributed by atoms with Gasteiger partial charge < -0.3 is 24.0 Å². The molecular formula is C32H30F2N6O4. The topological polar surface area (TPSA) is 117 Å². The summed E-state index contributed by atoms with van der Waals surface area (Å²) < 4.78 is 42.3. The van der Waals surface area contributed by atoms with Crippen LogP contribution in [0.1, 0.15) is 46.6 Å². The Morgan fingerprint density at radius 1 is 1.07 bits per heavy atom. The predicted octanol–water partition coefficient (Wildman–Crippen LogP) is 4.50. The van der Waals surface area contributed by atoms with E-state index in [1.807, 2.05) is 22.8 Å². The number of nitrogens with zero attached hydrogens (tertiary/aromatic N) is 6. The lowest BCUT2D eigenvalue weighted by Gasteiger charge is -2.54. The van der Waals surface area contributed by atoms with Gasteiger partial charge in [0.25, 0.3) is 0 Å². The molecule has 2 aromatic carbocycles. The standard InChI is InChI=1S/C32H30F2N6O4/c33-23-12-19(15-35)4-5-20(23)18-44-31-3-1-2-29(37-31)39-10-9-38(26-6-7-27(26)39)17-30-36-25-14-24(34)22(32(41)42)13-28(25)40(30)16-21-8-11-43-21/h1-5,12-14,21,26-27H,6-11,16-18H2,(H,41,42)/t21-,26-,27-/m0/s1. The van der Waals surface area contributed by atoms with Crippen LogP contribution >= 0.6 is 0 Å². The highest BCUT2D eigenvalue weighted by Crippen LogP contribution is 2.37. The van der Waals surface area contributed by atoms with Crippen LogP contribution in [0.25, 0.3) is 11.0 Å². The van der Waals surface area contributed by atoms with E-state index in [2.05, 4.69) is 9.80 Å². The SMILES string of the molecule is N#Cc1ccc(COc2cccc(N3CCN(Cc4nc5cc(F)c(C(=O)O)cc5n4C[C@@H]4CCO4)[C@H]4CC[C@@H]43)n2)c(F)c1. The largest absolute Gasteiger partial charge is 0.478 e. The zero-order valence-electron chi connectivity index (χ0n) is 23.8. The number of hydrogen-bond acceptors (Lipinski definition) is 8. The van der Waals surface area contributed by atoms with Gasteiger partial charge in [0.1, 0.15) is 29.9 Å². The molecule has 10 nitrogen and oxygen atoms in total. The Kier molecular flexibility index (Phi) is 7.35. The third-order valence-corrected chi connectivity index (χ3v) is 8.93. The van der Waals surface area contributed by atoms with Crippen LogP contribution in [0.4, 0.5) is 14.6 Å². The lowest BCUT2D eigenvalue weighted by molar-refractivity contribution is -0.0594. The number of benzene rings is 2. The van der Waals surface area contributed by atoms with Crippen LogP contribution in [0.5, 0.6) is 5.88 Å². The quantitative estimate of drug-likeness (QED) is 0.296. The van der Waals surface area contributed by atoms with Crippen LogP contribution < -0.4 is 9.64 Å². The number of pyridine rings is 1. The molecule has 0 amide bonds. The molecule has 226 valence electrons. The minimum Gasteiger partial charge on any atom is -0.478 e. The number of nitriles is 1. The van der Waals surface area contributed by atoms with Gasteiger partial charge >= 0.3 is 5.97 Å². The van der Waals surface area contributed by atoms with Gasteiger partial charge in [0.05, 0.1) is 47.4 Å². The van der Waals surface area contributed by atoms with Crippen LogP contribution in [-0.4, -0.2) is 68.4 Å². The van der Waals surface area contributed by atoms with Crippen molar-refractivity contribution in [3.63, 3.8) is 0 Å². The first-order chi connectivity index (χ1) is 21.4. The highest BCUT2D eigenvalue weighted by atomic mass is 19.1. The van der Waals surface area contributed by atoms with E-state index >= 15 is 0 Å². The van der Waals surface area contributed by atoms with E-state index in [0.29, 0.717) is 42.2 Å². The molecule has 3 fully saturated rings. The van der Waals surface area contributed by atoms with Crippen molar-refractivity contribution in [2.75, 3.05) is 24.6 Å². The van der Waals surface area contributed by atoms with E-state index in [0.717, 1.165) is 44.0 Å². The third-order valence-electron chi connectivity index (χ3n) is 8.93. The molecule has 0 bridgehead atoms. The van der Waals surface area contributed by atoms with Crippen molar-refractivity contribution in [2.45, 2.75) is 57.1 Å². The van der Waals surface area contributed by atoms with Crippen LogP contribution in [-0.2, 0) is 24.4 Å². The fraction of sp³-hybridized carbons (Fsp3) is 0.375. The Bertz CT molecular complexity index is 1780.